The Morgan fingerprint density at radius 2 is 2.54 bits per heavy atom. The van der Waals surface area contributed by atoms with Crippen molar-refractivity contribution < 1.29 is 9.53 Å². The van der Waals surface area contributed by atoms with Crippen LogP contribution in [0.3, 0.4) is 0 Å². The van der Waals surface area contributed by atoms with E-state index in [1.807, 2.05) is 6.07 Å². The van der Waals surface area contributed by atoms with Crippen LogP contribution >= 0.6 is 0 Å². The molecule has 0 saturated carbocycles. The molecule has 0 saturated heterocycles. The molecule has 2 N–H and O–H groups in total. The molecule has 1 heterocycles. The van der Waals surface area contributed by atoms with Gasteiger partial charge in [-0.15, -0.1) is 0 Å². The molecule has 0 aromatic rings. The second kappa shape index (κ2) is 3.81. The minimum absolute atomic E-state index is 0.223. The van der Waals surface area contributed by atoms with Gasteiger partial charge >= 0.3 is 6.09 Å². The van der Waals surface area contributed by atoms with Crippen molar-refractivity contribution in [2.45, 2.75) is 13.3 Å². The van der Waals surface area contributed by atoms with Crippen molar-refractivity contribution in [3.63, 3.8) is 0 Å². The first kappa shape index (κ1) is 9.39. The summed E-state index contributed by atoms with van der Waals surface area (Å²) < 4.78 is 4.75. The first-order valence-electron chi connectivity index (χ1n) is 4.03. The van der Waals surface area contributed by atoms with Crippen molar-refractivity contribution in [2.75, 3.05) is 13.2 Å². The van der Waals surface area contributed by atoms with Gasteiger partial charge in [0.05, 0.1) is 18.2 Å². The highest BCUT2D eigenvalue weighted by Crippen LogP contribution is 2.18. The zero-order valence-corrected chi connectivity index (χ0v) is 7.41. The lowest BCUT2D eigenvalue weighted by Crippen LogP contribution is -2.31. The van der Waals surface area contributed by atoms with Gasteiger partial charge in [0, 0.05) is 13.0 Å². The first-order chi connectivity index (χ1) is 6.20. The highest BCUT2D eigenvalue weighted by molar-refractivity contribution is 5.71. The average molecular weight is 181 g/mol. The molecule has 0 bridgehead atoms. The number of hydrogen-bond donors (Lipinski definition) is 1. The van der Waals surface area contributed by atoms with Crippen molar-refractivity contribution in [3.8, 4) is 6.07 Å². The molecule has 0 spiro atoms. The molecule has 1 aliphatic heterocycles. The maximum atomic E-state index is 11.2. The summed E-state index contributed by atoms with van der Waals surface area (Å²) >= 11 is 0. The number of ether oxygens (including phenoxy) is 1. The zero-order valence-electron chi connectivity index (χ0n) is 7.41. The quantitative estimate of drug-likeness (QED) is 0.640. The lowest BCUT2D eigenvalue weighted by Gasteiger charge is -2.15. The fraction of sp³-hybridized carbons (Fsp3) is 0.500. The molecule has 0 aromatic carbocycles. The van der Waals surface area contributed by atoms with Crippen LogP contribution in [0.25, 0.3) is 0 Å². The Kier molecular flexibility index (Phi) is 2.75. The molecule has 70 valence electrons. The largest absolute Gasteiger partial charge is 0.449 e. The Hall–Kier alpha value is -1.70. The zero-order chi connectivity index (χ0) is 9.84. The van der Waals surface area contributed by atoms with Crippen molar-refractivity contribution in [1.82, 2.24) is 4.90 Å². The van der Waals surface area contributed by atoms with Crippen molar-refractivity contribution >= 4 is 6.09 Å². The average Bonchev–Trinajstić information content (AvgIpc) is 2.47. The molecule has 0 unspecified atom stereocenters. The van der Waals surface area contributed by atoms with Gasteiger partial charge in [0.1, 0.15) is 5.82 Å². The Balaban J connectivity index is 2.71. The Labute approximate surface area is 76.4 Å². The lowest BCUT2D eigenvalue weighted by molar-refractivity contribution is 0.121. The van der Waals surface area contributed by atoms with E-state index in [9.17, 15) is 4.79 Å². The van der Waals surface area contributed by atoms with Gasteiger partial charge in [-0.2, -0.15) is 5.26 Å². The molecular formula is C8H11N3O2. The predicted molar refractivity (Wildman–Crippen MR) is 45.2 cm³/mol. The normalized spacial score (nSPS) is 15.8. The smallest absolute Gasteiger partial charge is 0.415 e. The van der Waals surface area contributed by atoms with E-state index in [4.69, 9.17) is 15.7 Å². The number of nitrogens with zero attached hydrogens (tertiary/aromatic N) is 2. The third-order valence-electron chi connectivity index (χ3n) is 1.81. The first-order valence-corrected chi connectivity index (χ1v) is 4.03. The van der Waals surface area contributed by atoms with Crippen molar-refractivity contribution in [2.24, 2.45) is 5.73 Å². The third kappa shape index (κ3) is 1.72. The number of rotatable bonds is 1. The molecule has 0 atom stereocenters. The van der Waals surface area contributed by atoms with E-state index in [0.29, 0.717) is 25.1 Å². The van der Waals surface area contributed by atoms with E-state index in [-0.39, 0.29) is 5.82 Å². The molecular weight excluding hydrogens is 170 g/mol. The van der Waals surface area contributed by atoms with Crippen LogP contribution in [0.2, 0.25) is 0 Å². The number of carbonyl (C=O) groups excluding carboxylic acids is 1. The molecule has 1 rings (SSSR count). The summed E-state index contributed by atoms with van der Waals surface area (Å²) in [4.78, 5) is 12.5. The minimum Gasteiger partial charge on any atom is -0.449 e. The molecule has 0 radical (unpaired) electrons. The van der Waals surface area contributed by atoms with Gasteiger partial charge in [0.15, 0.2) is 0 Å². The molecule has 5 heteroatoms. The topological polar surface area (TPSA) is 79.3 Å². The van der Waals surface area contributed by atoms with Crippen LogP contribution in [0.1, 0.15) is 13.3 Å². The van der Waals surface area contributed by atoms with Crippen LogP contribution in [0.4, 0.5) is 4.79 Å². The van der Waals surface area contributed by atoms with Gasteiger partial charge in [-0.1, -0.05) is 0 Å². The summed E-state index contributed by atoms with van der Waals surface area (Å²) in [5.74, 6) is 0.223. The van der Waals surface area contributed by atoms with E-state index >= 15 is 0 Å². The molecule has 13 heavy (non-hydrogen) atoms. The van der Waals surface area contributed by atoms with Crippen molar-refractivity contribution in [3.05, 3.63) is 11.4 Å². The standard InChI is InChI=1S/C8H11N3O2/c1-2-13-8(12)11-4-3-6(5-9)7(11)10/h2-4,10H2,1H3. The number of carbonyl (C=O) groups is 1. The number of nitriles is 1. The summed E-state index contributed by atoms with van der Waals surface area (Å²) in [6.07, 6.45) is 0.0338. The molecule has 0 aliphatic carbocycles. The highest BCUT2D eigenvalue weighted by atomic mass is 16.6. The molecule has 1 amide bonds. The fourth-order valence-corrected chi connectivity index (χ4v) is 1.14. The van der Waals surface area contributed by atoms with Gasteiger partial charge in [0.2, 0.25) is 0 Å². The highest BCUT2D eigenvalue weighted by Gasteiger charge is 2.26. The van der Waals surface area contributed by atoms with E-state index in [1.54, 1.807) is 6.92 Å². The summed E-state index contributed by atoms with van der Waals surface area (Å²) in [6.45, 7) is 2.47. The van der Waals surface area contributed by atoms with Crippen LogP contribution in [0, 0.1) is 11.3 Å². The van der Waals surface area contributed by atoms with Gasteiger partial charge < -0.3 is 10.5 Å². The van der Waals surface area contributed by atoms with E-state index in [1.165, 1.54) is 4.90 Å². The minimum atomic E-state index is -0.481. The van der Waals surface area contributed by atoms with Crippen LogP contribution in [-0.4, -0.2) is 24.1 Å². The Bertz CT molecular complexity index is 290. The SMILES string of the molecule is CCOC(=O)N1CCC(C#N)=C1N. The van der Waals surface area contributed by atoms with Crippen LogP contribution < -0.4 is 5.73 Å². The summed E-state index contributed by atoms with van der Waals surface area (Å²) in [6, 6.07) is 1.95. The maximum absolute atomic E-state index is 11.2. The van der Waals surface area contributed by atoms with Gasteiger partial charge in [-0.3, -0.25) is 4.90 Å². The van der Waals surface area contributed by atoms with Gasteiger partial charge in [-0.05, 0) is 6.92 Å². The second-order valence-corrected chi connectivity index (χ2v) is 2.58. The third-order valence-corrected chi connectivity index (χ3v) is 1.81. The lowest BCUT2D eigenvalue weighted by atomic mass is 10.2. The van der Waals surface area contributed by atoms with Crippen molar-refractivity contribution in [1.29, 1.82) is 5.26 Å². The number of hydrogen-bond acceptors (Lipinski definition) is 4. The summed E-state index contributed by atoms with van der Waals surface area (Å²) in [5, 5.41) is 8.60. The molecule has 5 nitrogen and oxygen atoms in total. The Morgan fingerprint density at radius 3 is 3.00 bits per heavy atom. The molecule has 0 aromatic heterocycles. The van der Waals surface area contributed by atoms with Gasteiger partial charge in [-0.25, -0.2) is 4.79 Å². The van der Waals surface area contributed by atoms with E-state index in [2.05, 4.69) is 0 Å². The fourth-order valence-electron chi connectivity index (χ4n) is 1.14. The molecule has 0 fully saturated rings. The van der Waals surface area contributed by atoms with Crippen LogP contribution in [0.15, 0.2) is 11.4 Å². The summed E-state index contributed by atoms with van der Waals surface area (Å²) in [5.41, 5.74) is 6.00. The maximum Gasteiger partial charge on any atom is 0.415 e. The van der Waals surface area contributed by atoms with Gasteiger partial charge in [0.25, 0.3) is 0 Å². The molecule has 1 aliphatic rings. The van der Waals surface area contributed by atoms with E-state index < -0.39 is 6.09 Å². The second-order valence-electron chi connectivity index (χ2n) is 2.58. The number of nitrogens with two attached hydrogens (primary N) is 1. The van der Waals surface area contributed by atoms with Crippen LogP contribution in [0.5, 0.6) is 0 Å². The predicted octanol–water partition coefficient (Wildman–Crippen LogP) is 0.542. The monoisotopic (exact) mass is 181 g/mol. The Morgan fingerprint density at radius 1 is 1.85 bits per heavy atom. The van der Waals surface area contributed by atoms with Crippen LogP contribution in [-0.2, 0) is 4.74 Å². The summed E-state index contributed by atoms with van der Waals surface area (Å²) in [7, 11) is 0. The number of amides is 1. The van der Waals surface area contributed by atoms with E-state index in [0.717, 1.165) is 0 Å².